The van der Waals surface area contributed by atoms with Crippen LogP contribution in [0.15, 0.2) is 30.3 Å². The maximum Gasteiger partial charge on any atom is 0.269 e. The minimum atomic E-state index is -0.438. The van der Waals surface area contributed by atoms with Gasteiger partial charge >= 0.3 is 0 Å². The van der Waals surface area contributed by atoms with Crippen LogP contribution in [0.25, 0.3) is 6.08 Å². The van der Waals surface area contributed by atoms with E-state index in [2.05, 4.69) is 12.2 Å². The van der Waals surface area contributed by atoms with Crippen molar-refractivity contribution < 1.29 is 9.72 Å². The summed E-state index contributed by atoms with van der Waals surface area (Å²) in [5.74, 6) is -0.126. The van der Waals surface area contributed by atoms with Crippen LogP contribution in [0.1, 0.15) is 76.7 Å². The molecule has 1 aromatic carbocycles. The van der Waals surface area contributed by atoms with Gasteiger partial charge in [-0.3, -0.25) is 14.9 Å². The van der Waals surface area contributed by atoms with Crippen molar-refractivity contribution >= 4 is 17.7 Å². The average molecular weight is 360 g/mol. The first-order chi connectivity index (χ1) is 12.6. The molecule has 1 aromatic rings. The van der Waals surface area contributed by atoms with Crippen LogP contribution in [0.5, 0.6) is 0 Å². The highest BCUT2D eigenvalue weighted by Gasteiger charge is 2.02. The fraction of sp³-hybridized carbons (Fsp3) is 0.571. The first-order valence-electron chi connectivity index (χ1n) is 9.84. The standard InChI is InChI=1S/C21H32N2O3/c1-2-3-4-5-6-7-8-9-10-11-18-22-21(24)17-14-19-12-15-20(16-13-19)23(25)26/h12-17H,2-11,18H2,1H3,(H,22,24). The quantitative estimate of drug-likeness (QED) is 0.202. The molecule has 0 radical (unpaired) electrons. The number of carbonyl (C=O) groups excluding carboxylic acids is 1. The molecule has 0 atom stereocenters. The van der Waals surface area contributed by atoms with E-state index in [1.807, 2.05) is 0 Å². The van der Waals surface area contributed by atoms with E-state index in [-0.39, 0.29) is 11.6 Å². The molecule has 0 saturated carbocycles. The molecule has 0 aliphatic carbocycles. The normalized spacial score (nSPS) is 11.0. The van der Waals surface area contributed by atoms with E-state index in [0.29, 0.717) is 6.54 Å². The first-order valence-corrected chi connectivity index (χ1v) is 9.84. The summed E-state index contributed by atoms with van der Waals surface area (Å²) >= 11 is 0. The zero-order chi connectivity index (χ0) is 19.0. The summed E-state index contributed by atoms with van der Waals surface area (Å²) in [4.78, 5) is 21.9. The molecule has 0 unspecified atom stereocenters. The third-order valence-corrected chi connectivity index (χ3v) is 4.36. The molecule has 1 amide bonds. The smallest absolute Gasteiger partial charge is 0.269 e. The highest BCUT2D eigenvalue weighted by Crippen LogP contribution is 2.13. The first kappa shape index (κ1) is 21.9. The summed E-state index contributed by atoms with van der Waals surface area (Å²) < 4.78 is 0. The molecule has 5 nitrogen and oxygen atoms in total. The summed E-state index contributed by atoms with van der Waals surface area (Å²) in [5.41, 5.74) is 0.817. The molecule has 0 bridgehead atoms. The molecule has 0 spiro atoms. The zero-order valence-electron chi connectivity index (χ0n) is 15.9. The molecule has 0 heterocycles. The maximum absolute atomic E-state index is 11.7. The Kier molecular flexibility index (Phi) is 11.8. The molecule has 0 aliphatic rings. The number of unbranched alkanes of at least 4 members (excludes halogenated alkanes) is 9. The Labute approximate surface area is 157 Å². The van der Waals surface area contributed by atoms with Crippen molar-refractivity contribution in [3.05, 3.63) is 46.0 Å². The van der Waals surface area contributed by atoms with Gasteiger partial charge in [-0.05, 0) is 30.2 Å². The van der Waals surface area contributed by atoms with Gasteiger partial charge in [0, 0.05) is 24.8 Å². The predicted molar refractivity (Wildman–Crippen MR) is 107 cm³/mol. The van der Waals surface area contributed by atoms with Gasteiger partial charge in [-0.25, -0.2) is 0 Å². The molecule has 1 rings (SSSR count). The second-order valence-electron chi connectivity index (χ2n) is 6.65. The van der Waals surface area contributed by atoms with Crippen LogP contribution in [-0.4, -0.2) is 17.4 Å². The lowest BCUT2D eigenvalue weighted by Gasteiger charge is -2.03. The van der Waals surface area contributed by atoms with Gasteiger partial charge in [0.1, 0.15) is 0 Å². The minimum Gasteiger partial charge on any atom is -0.353 e. The number of nitro benzene ring substituents is 1. The SMILES string of the molecule is CCCCCCCCCCCCNC(=O)C=Cc1ccc([N+](=O)[O-])cc1. The fourth-order valence-electron chi connectivity index (χ4n) is 2.76. The van der Waals surface area contributed by atoms with E-state index in [1.165, 1.54) is 69.6 Å². The number of nitrogens with one attached hydrogen (secondary N) is 1. The summed E-state index contributed by atoms with van der Waals surface area (Å²) in [5, 5.41) is 13.5. The Hall–Kier alpha value is -2.17. The molecule has 0 fully saturated rings. The Morgan fingerprint density at radius 3 is 2.04 bits per heavy atom. The lowest BCUT2D eigenvalue weighted by molar-refractivity contribution is -0.384. The zero-order valence-corrected chi connectivity index (χ0v) is 15.9. The van der Waals surface area contributed by atoms with E-state index in [1.54, 1.807) is 18.2 Å². The molecule has 1 N–H and O–H groups in total. The number of benzene rings is 1. The number of hydrogen-bond donors (Lipinski definition) is 1. The molecule has 144 valence electrons. The van der Waals surface area contributed by atoms with Gasteiger partial charge in [0.15, 0.2) is 0 Å². The van der Waals surface area contributed by atoms with Gasteiger partial charge in [-0.2, -0.15) is 0 Å². The van der Waals surface area contributed by atoms with Crippen LogP contribution in [-0.2, 0) is 4.79 Å². The van der Waals surface area contributed by atoms with Crippen molar-refractivity contribution in [1.29, 1.82) is 0 Å². The topological polar surface area (TPSA) is 72.2 Å². The van der Waals surface area contributed by atoms with Gasteiger partial charge in [-0.1, -0.05) is 64.7 Å². The lowest BCUT2D eigenvalue weighted by Crippen LogP contribution is -2.21. The predicted octanol–water partition coefficient (Wildman–Crippen LogP) is 5.65. The Morgan fingerprint density at radius 2 is 1.50 bits per heavy atom. The molecule has 26 heavy (non-hydrogen) atoms. The number of rotatable bonds is 14. The highest BCUT2D eigenvalue weighted by atomic mass is 16.6. The Balaban J connectivity index is 2.03. The summed E-state index contributed by atoms with van der Waals surface area (Å²) in [6, 6.07) is 6.12. The van der Waals surface area contributed by atoms with Crippen molar-refractivity contribution in [3.63, 3.8) is 0 Å². The molecular weight excluding hydrogens is 328 g/mol. The van der Waals surface area contributed by atoms with Gasteiger partial charge in [0.2, 0.25) is 5.91 Å². The number of non-ortho nitro benzene ring substituents is 1. The van der Waals surface area contributed by atoms with E-state index in [0.717, 1.165) is 18.4 Å². The maximum atomic E-state index is 11.7. The van der Waals surface area contributed by atoms with Gasteiger partial charge in [0.25, 0.3) is 5.69 Å². The van der Waals surface area contributed by atoms with Gasteiger partial charge in [0.05, 0.1) is 4.92 Å². The third-order valence-electron chi connectivity index (χ3n) is 4.36. The monoisotopic (exact) mass is 360 g/mol. The van der Waals surface area contributed by atoms with Crippen molar-refractivity contribution in [2.75, 3.05) is 6.54 Å². The number of nitro groups is 1. The van der Waals surface area contributed by atoms with Crippen LogP contribution in [0.4, 0.5) is 5.69 Å². The molecule has 0 aromatic heterocycles. The summed E-state index contributed by atoms with van der Waals surface area (Å²) in [6.45, 7) is 2.93. The van der Waals surface area contributed by atoms with E-state index in [4.69, 9.17) is 0 Å². The van der Waals surface area contributed by atoms with Crippen molar-refractivity contribution in [2.24, 2.45) is 0 Å². The van der Waals surface area contributed by atoms with Crippen molar-refractivity contribution in [1.82, 2.24) is 5.32 Å². The Bertz CT molecular complexity index is 553. The summed E-state index contributed by atoms with van der Waals surface area (Å²) in [7, 11) is 0. The average Bonchev–Trinajstić information content (AvgIpc) is 2.64. The van der Waals surface area contributed by atoms with Gasteiger partial charge < -0.3 is 5.32 Å². The Morgan fingerprint density at radius 1 is 0.962 bits per heavy atom. The largest absolute Gasteiger partial charge is 0.353 e. The van der Waals surface area contributed by atoms with E-state index >= 15 is 0 Å². The second kappa shape index (κ2) is 14.0. The van der Waals surface area contributed by atoms with Crippen LogP contribution in [0.3, 0.4) is 0 Å². The summed E-state index contributed by atoms with van der Waals surface area (Å²) in [6.07, 6.45) is 15.9. The molecular formula is C21H32N2O3. The molecule has 0 saturated heterocycles. The van der Waals surface area contributed by atoms with Gasteiger partial charge in [-0.15, -0.1) is 0 Å². The van der Waals surface area contributed by atoms with Crippen LogP contribution < -0.4 is 5.32 Å². The van der Waals surface area contributed by atoms with Crippen LogP contribution in [0.2, 0.25) is 0 Å². The minimum absolute atomic E-state index is 0.0487. The number of nitrogens with zero attached hydrogens (tertiary/aromatic N) is 1. The third kappa shape index (κ3) is 10.6. The fourth-order valence-corrected chi connectivity index (χ4v) is 2.76. The number of amides is 1. The van der Waals surface area contributed by atoms with E-state index < -0.39 is 4.92 Å². The molecule has 5 heteroatoms. The van der Waals surface area contributed by atoms with Crippen molar-refractivity contribution in [2.45, 2.75) is 71.1 Å². The number of carbonyl (C=O) groups is 1. The van der Waals surface area contributed by atoms with Crippen molar-refractivity contribution in [3.8, 4) is 0 Å². The van der Waals surface area contributed by atoms with Crippen LogP contribution >= 0.6 is 0 Å². The van der Waals surface area contributed by atoms with E-state index in [9.17, 15) is 14.9 Å². The lowest BCUT2D eigenvalue weighted by atomic mass is 10.1. The second-order valence-corrected chi connectivity index (χ2v) is 6.65. The highest BCUT2D eigenvalue weighted by molar-refractivity contribution is 5.91. The number of hydrogen-bond acceptors (Lipinski definition) is 3. The molecule has 0 aliphatic heterocycles. The van der Waals surface area contributed by atoms with Crippen LogP contribution in [0, 0.1) is 10.1 Å².